The van der Waals surface area contributed by atoms with Crippen LogP contribution >= 0.6 is 0 Å². The molecule has 3 aromatic carbocycles. The van der Waals surface area contributed by atoms with Gasteiger partial charge in [0.05, 0.1) is 12.0 Å². The molecule has 0 spiro atoms. The Morgan fingerprint density at radius 1 is 0.929 bits per heavy atom. The molecule has 0 atom stereocenters. The van der Waals surface area contributed by atoms with E-state index in [1.165, 1.54) is 6.07 Å². The van der Waals surface area contributed by atoms with Crippen molar-refractivity contribution in [2.45, 2.75) is 18.7 Å². The summed E-state index contributed by atoms with van der Waals surface area (Å²) in [6.07, 6.45) is 0. The zero-order valence-corrected chi connectivity index (χ0v) is 17.0. The number of ether oxygens (including phenoxy) is 1. The van der Waals surface area contributed by atoms with Crippen molar-refractivity contribution in [3.05, 3.63) is 78.4 Å². The lowest BCUT2D eigenvalue weighted by Gasteiger charge is -2.23. The van der Waals surface area contributed by atoms with Crippen LogP contribution < -0.4 is 14.4 Å². The molecule has 5 nitrogen and oxygen atoms in total. The molecule has 28 heavy (non-hydrogen) atoms. The van der Waals surface area contributed by atoms with E-state index >= 15 is 0 Å². The summed E-state index contributed by atoms with van der Waals surface area (Å²) in [5, 5.41) is 0. The molecule has 3 aromatic rings. The smallest absolute Gasteiger partial charge is 0.261 e. The number of sulfonamides is 1. The summed E-state index contributed by atoms with van der Waals surface area (Å²) >= 11 is 0. The van der Waals surface area contributed by atoms with Crippen LogP contribution in [0.5, 0.6) is 5.75 Å². The molecule has 1 N–H and O–H groups in total. The third-order valence-corrected chi connectivity index (χ3v) is 5.87. The van der Waals surface area contributed by atoms with Gasteiger partial charge in [-0.2, -0.15) is 0 Å². The number of methoxy groups -OCH3 is 1. The molecule has 0 heterocycles. The number of hydrogen-bond acceptors (Lipinski definition) is 4. The fourth-order valence-electron chi connectivity index (χ4n) is 3.06. The lowest BCUT2D eigenvalue weighted by atomic mass is 10.2. The number of benzene rings is 3. The van der Waals surface area contributed by atoms with Crippen LogP contribution in [-0.2, 0) is 10.0 Å². The van der Waals surface area contributed by atoms with Crippen LogP contribution in [0.15, 0.2) is 77.7 Å². The van der Waals surface area contributed by atoms with Crippen LogP contribution in [0.2, 0.25) is 0 Å². The Morgan fingerprint density at radius 2 is 1.57 bits per heavy atom. The van der Waals surface area contributed by atoms with Gasteiger partial charge in [0.2, 0.25) is 0 Å². The van der Waals surface area contributed by atoms with Gasteiger partial charge in [-0.15, -0.1) is 0 Å². The average Bonchev–Trinajstić information content (AvgIpc) is 2.70. The third-order valence-electron chi connectivity index (χ3n) is 4.49. The van der Waals surface area contributed by atoms with E-state index in [2.05, 4.69) is 16.5 Å². The number of nitrogens with zero attached hydrogens (tertiary/aromatic N) is 1. The van der Waals surface area contributed by atoms with E-state index in [-0.39, 0.29) is 4.90 Å². The van der Waals surface area contributed by atoms with E-state index in [1.54, 1.807) is 31.4 Å². The number of para-hydroxylation sites is 1. The van der Waals surface area contributed by atoms with E-state index in [0.29, 0.717) is 11.4 Å². The summed E-state index contributed by atoms with van der Waals surface area (Å²) in [6, 6.07) is 22.2. The largest absolute Gasteiger partial charge is 0.496 e. The van der Waals surface area contributed by atoms with Gasteiger partial charge in [-0.05, 0) is 74.0 Å². The van der Waals surface area contributed by atoms with Crippen LogP contribution in [0.4, 0.5) is 17.1 Å². The summed E-state index contributed by atoms with van der Waals surface area (Å²) in [6.45, 7) is 4.70. The van der Waals surface area contributed by atoms with Crippen molar-refractivity contribution in [2.75, 3.05) is 23.3 Å². The molecule has 0 aliphatic rings. The summed E-state index contributed by atoms with van der Waals surface area (Å²) in [5.74, 6) is 0.656. The Hall–Kier alpha value is -2.99. The van der Waals surface area contributed by atoms with Crippen LogP contribution in [0.3, 0.4) is 0 Å². The monoisotopic (exact) mass is 396 g/mol. The molecule has 0 radical (unpaired) electrons. The normalized spacial score (nSPS) is 11.1. The Labute approximate surface area is 166 Å². The molecule has 0 bridgehead atoms. The molecular weight excluding hydrogens is 372 g/mol. The van der Waals surface area contributed by atoms with Crippen molar-refractivity contribution < 1.29 is 13.2 Å². The predicted octanol–water partition coefficient (Wildman–Crippen LogP) is 4.96. The Morgan fingerprint density at radius 3 is 2.14 bits per heavy atom. The topological polar surface area (TPSA) is 58.6 Å². The Kier molecular flexibility index (Phi) is 5.90. The first-order valence-electron chi connectivity index (χ1n) is 9.04. The highest BCUT2D eigenvalue weighted by molar-refractivity contribution is 7.92. The first kappa shape index (κ1) is 19.8. The van der Waals surface area contributed by atoms with Gasteiger partial charge in [0.15, 0.2) is 0 Å². The molecule has 0 aromatic heterocycles. The van der Waals surface area contributed by atoms with E-state index in [0.717, 1.165) is 23.5 Å². The number of anilines is 3. The molecule has 0 saturated heterocycles. The molecule has 0 unspecified atom stereocenters. The van der Waals surface area contributed by atoms with Crippen LogP contribution in [-0.4, -0.2) is 22.1 Å². The number of aryl methyl sites for hydroxylation is 1. The van der Waals surface area contributed by atoms with Crippen molar-refractivity contribution in [2.24, 2.45) is 0 Å². The molecule has 0 saturated carbocycles. The first-order valence-corrected chi connectivity index (χ1v) is 10.5. The van der Waals surface area contributed by atoms with Gasteiger partial charge in [-0.25, -0.2) is 8.42 Å². The minimum atomic E-state index is -3.67. The minimum Gasteiger partial charge on any atom is -0.496 e. The lowest BCUT2D eigenvalue weighted by Crippen LogP contribution is -2.16. The maximum Gasteiger partial charge on any atom is 0.261 e. The summed E-state index contributed by atoms with van der Waals surface area (Å²) in [7, 11) is -2.11. The van der Waals surface area contributed by atoms with E-state index in [4.69, 9.17) is 4.74 Å². The summed E-state index contributed by atoms with van der Waals surface area (Å²) < 4.78 is 33.2. The predicted molar refractivity (Wildman–Crippen MR) is 114 cm³/mol. The van der Waals surface area contributed by atoms with Crippen LogP contribution in [0, 0.1) is 6.92 Å². The van der Waals surface area contributed by atoms with Gasteiger partial charge in [0.1, 0.15) is 5.75 Å². The van der Waals surface area contributed by atoms with Gasteiger partial charge >= 0.3 is 0 Å². The molecule has 0 aliphatic carbocycles. The highest BCUT2D eigenvalue weighted by atomic mass is 32.2. The zero-order chi connectivity index (χ0) is 20.1. The first-order chi connectivity index (χ1) is 13.4. The molecule has 146 valence electrons. The van der Waals surface area contributed by atoms with Crippen molar-refractivity contribution in [3.63, 3.8) is 0 Å². The average molecular weight is 397 g/mol. The second-order valence-corrected chi connectivity index (χ2v) is 8.05. The van der Waals surface area contributed by atoms with Gasteiger partial charge in [0, 0.05) is 23.6 Å². The third kappa shape index (κ3) is 4.28. The Bertz CT molecular complexity index is 1030. The summed E-state index contributed by atoms with van der Waals surface area (Å²) in [4.78, 5) is 2.36. The van der Waals surface area contributed by atoms with E-state index in [1.807, 2.05) is 49.4 Å². The molecule has 0 amide bonds. The van der Waals surface area contributed by atoms with Crippen molar-refractivity contribution >= 4 is 27.1 Å². The fourth-order valence-corrected chi connectivity index (χ4v) is 4.21. The fraction of sp³-hybridized carbons (Fsp3) is 0.182. The molecule has 3 rings (SSSR count). The van der Waals surface area contributed by atoms with Crippen molar-refractivity contribution in [3.8, 4) is 5.75 Å². The number of hydrogen-bond donors (Lipinski definition) is 1. The van der Waals surface area contributed by atoms with Crippen LogP contribution in [0.1, 0.15) is 12.5 Å². The van der Waals surface area contributed by atoms with Gasteiger partial charge in [0.25, 0.3) is 10.0 Å². The highest BCUT2D eigenvalue weighted by Crippen LogP contribution is 2.27. The molecular formula is C22H24N2O3S. The minimum absolute atomic E-state index is 0.203. The van der Waals surface area contributed by atoms with Gasteiger partial charge < -0.3 is 9.64 Å². The lowest BCUT2D eigenvalue weighted by molar-refractivity contribution is 0.411. The maximum atomic E-state index is 12.7. The number of rotatable bonds is 7. The SMILES string of the molecule is CCN(c1ccccc1)c1ccc(NS(=O)(=O)c2ccc(OC)c(C)c2)cc1. The number of nitrogens with one attached hydrogen (secondary N) is 1. The molecule has 0 fully saturated rings. The van der Waals surface area contributed by atoms with Crippen molar-refractivity contribution in [1.82, 2.24) is 0 Å². The highest BCUT2D eigenvalue weighted by Gasteiger charge is 2.16. The summed E-state index contributed by atoms with van der Waals surface area (Å²) in [5.41, 5.74) is 3.37. The van der Waals surface area contributed by atoms with E-state index in [9.17, 15) is 8.42 Å². The van der Waals surface area contributed by atoms with Gasteiger partial charge in [-0.1, -0.05) is 18.2 Å². The molecule has 0 aliphatic heterocycles. The molecule has 6 heteroatoms. The zero-order valence-electron chi connectivity index (χ0n) is 16.2. The Balaban J connectivity index is 1.81. The standard InChI is InChI=1S/C22H24N2O3S/c1-4-24(19-8-6-5-7-9-19)20-12-10-18(11-13-20)23-28(25,26)21-14-15-22(27-3)17(2)16-21/h5-16,23H,4H2,1-3H3. The quantitative estimate of drug-likeness (QED) is 0.613. The van der Waals surface area contributed by atoms with Crippen molar-refractivity contribution in [1.29, 1.82) is 0 Å². The van der Waals surface area contributed by atoms with Crippen LogP contribution in [0.25, 0.3) is 0 Å². The second-order valence-electron chi connectivity index (χ2n) is 6.36. The maximum absolute atomic E-state index is 12.7. The van der Waals surface area contributed by atoms with Gasteiger partial charge in [-0.3, -0.25) is 4.72 Å². The van der Waals surface area contributed by atoms with E-state index < -0.39 is 10.0 Å². The second kappa shape index (κ2) is 8.35.